The van der Waals surface area contributed by atoms with Gasteiger partial charge in [-0.15, -0.1) is 48.1 Å². The van der Waals surface area contributed by atoms with Crippen LogP contribution in [0.1, 0.15) is 76.3 Å². The number of hydrogen-bond acceptors (Lipinski definition) is 4. The zero-order chi connectivity index (χ0) is 47.5. The maximum atomic E-state index is 6.75. The summed E-state index contributed by atoms with van der Waals surface area (Å²) in [5.74, 6) is 2.02. The van der Waals surface area contributed by atoms with Crippen molar-refractivity contribution in [1.29, 1.82) is 0 Å². The first kappa shape index (κ1) is 46.5. The Hall–Kier alpha value is -7.20. The molecule has 0 atom stereocenters. The van der Waals surface area contributed by atoms with Crippen LogP contribution in [0.3, 0.4) is 0 Å². The predicted molar refractivity (Wildman–Crippen MR) is 286 cm³/mol. The van der Waals surface area contributed by atoms with E-state index in [1.54, 1.807) is 0 Å². The number of hydrogen-bond donors (Lipinski definition) is 0. The minimum atomic E-state index is -0.247. The summed E-state index contributed by atoms with van der Waals surface area (Å²) < 4.78 is 9.00. The molecule has 2 aromatic heterocycles. The molecule has 0 saturated heterocycles. The van der Waals surface area contributed by atoms with E-state index in [9.17, 15) is 0 Å². The molecule has 0 saturated carbocycles. The molecule has 0 N–H and O–H groups in total. The molecule has 0 aliphatic carbocycles. The van der Waals surface area contributed by atoms with E-state index in [-0.39, 0.29) is 37.3 Å². The Kier molecular flexibility index (Phi) is 12.1. The van der Waals surface area contributed by atoms with Gasteiger partial charge < -0.3 is 19.1 Å². The molecule has 5 nitrogen and oxygen atoms in total. The van der Waals surface area contributed by atoms with Crippen LogP contribution >= 0.6 is 0 Å². The van der Waals surface area contributed by atoms with E-state index in [1.165, 1.54) is 38.9 Å². The first-order chi connectivity index (χ1) is 33.3. The van der Waals surface area contributed by atoms with Gasteiger partial charge in [0.15, 0.2) is 0 Å². The second-order valence-corrected chi connectivity index (χ2v) is 20.3. The summed E-state index contributed by atoms with van der Waals surface area (Å²) >= 11 is 0. The first-order valence-electron chi connectivity index (χ1n) is 23.9. The minimum Gasteiger partial charge on any atom is -0.509 e. The molecular weight excluding hydrogens is 1040 g/mol. The molecule has 1 aliphatic heterocycles. The number of anilines is 4. The van der Waals surface area contributed by atoms with E-state index in [0.717, 1.165) is 50.4 Å². The van der Waals surface area contributed by atoms with Crippen LogP contribution < -0.4 is 14.5 Å². The third-order valence-electron chi connectivity index (χ3n) is 14.1. The van der Waals surface area contributed by atoms with Gasteiger partial charge in [-0.05, 0) is 92.2 Å². The predicted octanol–water partition coefficient (Wildman–Crippen LogP) is 16.6. The summed E-state index contributed by atoms with van der Waals surface area (Å²) in [6.07, 6.45) is 1.93. The summed E-state index contributed by atoms with van der Waals surface area (Å²) in [6.45, 7) is 18.1. The maximum Gasteiger partial charge on any atom is 0.135 e. The van der Waals surface area contributed by atoms with Gasteiger partial charge in [0.25, 0.3) is 0 Å². The van der Waals surface area contributed by atoms with Crippen LogP contribution in [0.2, 0.25) is 0 Å². The molecule has 8 aromatic carbocycles. The fourth-order valence-electron chi connectivity index (χ4n) is 9.83. The Morgan fingerprint density at radius 2 is 1.09 bits per heavy atom. The Bertz CT molecular complexity index is 3500. The molecule has 0 radical (unpaired) electrons. The van der Waals surface area contributed by atoms with Crippen molar-refractivity contribution in [3.05, 3.63) is 247 Å². The summed E-state index contributed by atoms with van der Waals surface area (Å²) in [4.78, 5) is 9.53. The molecule has 0 spiro atoms. The smallest absolute Gasteiger partial charge is 0.135 e. The molecule has 1 aliphatic rings. The number of benzene rings is 8. The SMILES string of the molecule is CC(C)(C)c1ccc2c3ccc(Oc4[c-]c(N5[CH-]N(c6cc(-c7ccccc7)cc(C(C)(C)c7ccccc7)c6)c6ccccc65)ccc4)[c-]c3n(-c3cc(C(C)(C)c4ccccc4)ccn3)c2c1.[Pt]. The standard InChI is InChI=1S/C64H55N4O.Pt/c1-62(2,3)48-30-32-55-56-33-31-54(42-60(56)68(59(55)39-48)61-40-49(34-35-65-61)63(4,5)46-22-13-9-14-23-46)69-53-27-19-26-51(41-53)66-43-67(58-29-18-17-28-57(58)66)52-37-45(44-20-11-8-12-21-44)36-50(38-52)64(6,7)47-24-15-10-16-25-47;/h8-40,43H,1-7H3;/q-3;. The molecule has 70 heavy (non-hydrogen) atoms. The molecular formula is C64H55N4OPt-3. The van der Waals surface area contributed by atoms with Crippen LogP contribution in [0.15, 0.2) is 200 Å². The van der Waals surface area contributed by atoms with Gasteiger partial charge in [0, 0.05) is 72.2 Å². The summed E-state index contributed by atoms with van der Waals surface area (Å²) in [5, 5.41) is 2.22. The van der Waals surface area contributed by atoms with Crippen molar-refractivity contribution in [2.75, 3.05) is 9.80 Å². The zero-order valence-corrected chi connectivity index (χ0v) is 42.9. The van der Waals surface area contributed by atoms with Crippen LogP contribution in [0, 0.1) is 18.8 Å². The number of rotatable bonds is 10. The topological polar surface area (TPSA) is 33.5 Å². The summed E-state index contributed by atoms with van der Waals surface area (Å²) in [7, 11) is 0. The number of fused-ring (bicyclic) bond motifs is 4. The van der Waals surface area contributed by atoms with Crippen LogP contribution in [-0.4, -0.2) is 9.55 Å². The molecule has 6 heteroatoms. The molecule has 11 rings (SSSR count). The van der Waals surface area contributed by atoms with E-state index in [2.05, 4.69) is 258 Å². The largest absolute Gasteiger partial charge is 0.509 e. The number of nitrogens with zero attached hydrogens (tertiary/aromatic N) is 4. The van der Waals surface area contributed by atoms with Gasteiger partial charge in [-0.3, -0.25) is 0 Å². The average Bonchev–Trinajstić information content (AvgIpc) is 3.93. The molecule has 3 heterocycles. The fraction of sp³-hybridized carbons (Fsp3) is 0.156. The number of ether oxygens (including phenoxy) is 1. The van der Waals surface area contributed by atoms with Gasteiger partial charge in [-0.1, -0.05) is 175 Å². The average molecular weight is 1090 g/mol. The van der Waals surface area contributed by atoms with Crippen molar-refractivity contribution in [3.63, 3.8) is 0 Å². The molecule has 0 bridgehead atoms. The molecule has 0 unspecified atom stereocenters. The van der Waals surface area contributed by atoms with E-state index >= 15 is 0 Å². The fourth-order valence-corrected chi connectivity index (χ4v) is 9.83. The van der Waals surface area contributed by atoms with Crippen LogP contribution in [-0.2, 0) is 37.3 Å². The van der Waals surface area contributed by atoms with Crippen LogP contribution in [0.5, 0.6) is 11.5 Å². The second-order valence-electron chi connectivity index (χ2n) is 20.3. The Balaban J connectivity index is 0.00000567. The van der Waals surface area contributed by atoms with Crippen molar-refractivity contribution in [2.24, 2.45) is 0 Å². The van der Waals surface area contributed by atoms with Crippen LogP contribution in [0.25, 0.3) is 38.8 Å². The molecule has 0 fully saturated rings. The van der Waals surface area contributed by atoms with Crippen molar-refractivity contribution < 1.29 is 25.8 Å². The van der Waals surface area contributed by atoms with Crippen molar-refractivity contribution in [3.8, 4) is 28.4 Å². The maximum absolute atomic E-state index is 6.75. The van der Waals surface area contributed by atoms with Gasteiger partial charge in [-0.2, -0.15) is 12.1 Å². The summed E-state index contributed by atoms with van der Waals surface area (Å²) in [6, 6.07) is 76.4. The van der Waals surface area contributed by atoms with Crippen molar-refractivity contribution in [1.82, 2.24) is 9.55 Å². The second kappa shape index (κ2) is 18.3. The summed E-state index contributed by atoms with van der Waals surface area (Å²) in [5.41, 5.74) is 14.0. The van der Waals surface area contributed by atoms with Crippen LogP contribution in [0.4, 0.5) is 22.7 Å². The number of pyridine rings is 1. The minimum absolute atomic E-state index is 0. The first-order valence-corrected chi connectivity index (χ1v) is 23.9. The van der Waals surface area contributed by atoms with E-state index in [4.69, 9.17) is 9.72 Å². The molecule has 350 valence electrons. The Morgan fingerprint density at radius 3 is 1.77 bits per heavy atom. The van der Waals surface area contributed by atoms with Gasteiger partial charge in [0.2, 0.25) is 0 Å². The third kappa shape index (κ3) is 8.51. The quantitative estimate of drug-likeness (QED) is 0.128. The van der Waals surface area contributed by atoms with E-state index in [0.29, 0.717) is 11.5 Å². The normalized spacial score (nSPS) is 12.8. The van der Waals surface area contributed by atoms with E-state index < -0.39 is 0 Å². The zero-order valence-electron chi connectivity index (χ0n) is 40.6. The Morgan fingerprint density at radius 1 is 0.471 bits per heavy atom. The molecule has 0 amide bonds. The van der Waals surface area contributed by atoms with Gasteiger partial charge in [0.1, 0.15) is 5.82 Å². The van der Waals surface area contributed by atoms with Crippen molar-refractivity contribution >= 4 is 44.6 Å². The van der Waals surface area contributed by atoms with E-state index in [1.807, 2.05) is 24.4 Å². The van der Waals surface area contributed by atoms with Gasteiger partial charge in [-0.25, -0.2) is 4.98 Å². The molecule has 10 aromatic rings. The monoisotopic (exact) mass is 1090 g/mol. The number of aromatic nitrogens is 2. The van der Waals surface area contributed by atoms with Gasteiger partial charge in [0.05, 0.1) is 0 Å². The van der Waals surface area contributed by atoms with Crippen molar-refractivity contribution in [2.45, 2.75) is 64.7 Å². The Labute approximate surface area is 427 Å². The third-order valence-corrected chi connectivity index (χ3v) is 14.1. The number of para-hydroxylation sites is 2. The van der Waals surface area contributed by atoms with Gasteiger partial charge >= 0.3 is 0 Å².